The van der Waals surface area contributed by atoms with Gasteiger partial charge in [0, 0.05) is 0 Å². The van der Waals surface area contributed by atoms with E-state index in [9.17, 15) is 9.59 Å². The summed E-state index contributed by atoms with van der Waals surface area (Å²) >= 11 is 1.80. The molecule has 1 heterocycles. The standard InChI is InChI=1S/C12H9IO4/c1-2-16-12(15)11-9(13)10(14)7-5-3-4-6-8(7)17-11/h3-6H,2H2,1H3. The van der Waals surface area contributed by atoms with Gasteiger partial charge in [-0.05, 0) is 41.6 Å². The van der Waals surface area contributed by atoms with E-state index < -0.39 is 5.97 Å². The van der Waals surface area contributed by atoms with Gasteiger partial charge < -0.3 is 9.15 Å². The highest BCUT2D eigenvalue weighted by Crippen LogP contribution is 2.17. The number of carbonyl (C=O) groups is 1. The van der Waals surface area contributed by atoms with Gasteiger partial charge in [0.15, 0.2) is 0 Å². The molecule has 0 amide bonds. The summed E-state index contributed by atoms with van der Waals surface area (Å²) in [4.78, 5) is 23.6. The van der Waals surface area contributed by atoms with Gasteiger partial charge in [-0.1, -0.05) is 12.1 Å². The number of ether oxygens (including phenoxy) is 1. The highest BCUT2D eigenvalue weighted by Gasteiger charge is 2.19. The summed E-state index contributed by atoms with van der Waals surface area (Å²) < 4.78 is 10.5. The van der Waals surface area contributed by atoms with Crippen LogP contribution in [-0.2, 0) is 4.74 Å². The van der Waals surface area contributed by atoms with E-state index in [0.29, 0.717) is 11.0 Å². The molecule has 17 heavy (non-hydrogen) atoms. The number of para-hydroxylation sites is 1. The molecule has 0 bridgehead atoms. The third-order valence-electron chi connectivity index (χ3n) is 2.20. The first-order valence-corrected chi connectivity index (χ1v) is 6.11. The Morgan fingerprint density at radius 2 is 2.12 bits per heavy atom. The van der Waals surface area contributed by atoms with Crippen LogP contribution in [0.4, 0.5) is 0 Å². The van der Waals surface area contributed by atoms with Crippen LogP contribution < -0.4 is 5.43 Å². The molecule has 0 unspecified atom stereocenters. The Balaban J connectivity index is 2.70. The topological polar surface area (TPSA) is 56.5 Å². The van der Waals surface area contributed by atoms with E-state index in [1.165, 1.54) is 0 Å². The smallest absolute Gasteiger partial charge is 0.375 e. The van der Waals surface area contributed by atoms with Crippen molar-refractivity contribution in [3.05, 3.63) is 43.8 Å². The average Bonchev–Trinajstić information content (AvgIpc) is 2.34. The number of esters is 1. The van der Waals surface area contributed by atoms with Gasteiger partial charge >= 0.3 is 5.97 Å². The number of hydrogen-bond acceptors (Lipinski definition) is 4. The van der Waals surface area contributed by atoms with Crippen LogP contribution in [0, 0.1) is 3.57 Å². The van der Waals surface area contributed by atoms with E-state index in [0.717, 1.165) is 0 Å². The van der Waals surface area contributed by atoms with Crippen LogP contribution in [0.2, 0.25) is 0 Å². The van der Waals surface area contributed by atoms with E-state index in [-0.39, 0.29) is 21.4 Å². The minimum atomic E-state index is -0.611. The van der Waals surface area contributed by atoms with E-state index in [1.807, 2.05) is 0 Å². The monoisotopic (exact) mass is 344 g/mol. The molecule has 0 fully saturated rings. The molecule has 1 aromatic heterocycles. The summed E-state index contributed by atoms with van der Waals surface area (Å²) in [7, 11) is 0. The van der Waals surface area contributed by atoms with Gasteiger partial charge in [0.05, 0.1) is 12.0 Å². The van der Waals surface area contributed by atoms with Crippen molar-refractivity contribution < 1.29 is 13.9 Å². The predicted octanol–water partition coefficient (Wildman–Crippen LogP) is 2.57. The second-order valence-electron chi connectivity index (χ2n) is 3.29. The Morgan fingerprint density at radius 1 is 1.41 bits per heavy atom. The van der Waals surface area contributed by atoms with Gasteiger partial charge in [-0.15, -0.1) is 0 Å². The van der Waals surface area contributed by atoms with Gasteiger partial charge in [0.1, 0.15) is 9.15 Å². The van der Waals surface area contributed by atoms with Crippen LogP contribution in [0.5, 0.6) is 0 Å². The van der Waals surface area contributed by atoms with Crippen molar-refractivity contribution in [1.29, 1.82) is 0 Å². The normalized spacial score (nSPS) is 10.5. The lowest BCUT2D eigenvalue weighted by atomic mass is 10.2. The Morgan fingerprint density at radius 3 is 2.82 bits per heavy atom. The first-order valence-electron chi connectivity index (χ1n) is 5.03. The number of rotatable bonds is 2. The minimum absolute atomic E-state index is 0.0313. The van der Waals surface area contributed by atoms with E-state index in [2.05, 4.69) is 0 Å². The summed E-state index contributed by atoms with van der Waals surface area (Å²) in [6, 6.07) is 6.81. The lowest BCUT2D eigenvalue weighted by Crippen LogP contribution is -2.15. The molecule has 0 aliphatic heterocycles. The Hall–Kier alpha value is -1.37. The molecule has 2 rings (SSSR count). The molecule has 0 spiro atoms. The van der Waals surface area contributed by atoms with Crippen LogP contribution in [0.3, 0.4) is 0 Å². The maximum absolute atomic E-state index is 12.0. The Kier molecular flexibility index (Phi) is 3.46. The highest BCUT2D eigenvalue weighted by molar-refractivity contribution is 14.1. The lowest BCUT2D eigenvalue weighted by molar-refractivity contribution is 0.0488. The fourth-order valence-corrected chi connectivity index (χ4v) is 2.07. The Labute approximate surface area is 111 Å². The zero-order chi connectivity index (χ0) is 12.4. The fourth-order valence-electron chi connectivity index (χ4n) is 1.45. The van der Waals surface area contributed by atoms with Crippen molar-refractivity contribution >= 4 is 39.5 Å². The van der Waals surface area contributed by atoms with Crippen molar-refractivity contribution in [1.82, 2.24) is 0 Å². The predicted molar refractivity (Wildman–Crippen MR) is 71.2 cm³/mol. The van der Waals surface area contributed by atoms with Gasteiger partial charge in [0.25, 0.3) is 0 Å². The van der Waals surface area contributed by atoms with Crippen molar-refractivity contribution in [3.8, 4) is 0 Å². The molecule has 0 aliphatic rings. The summed E-state index contributed by atoms with van der Waals surface area (Å²) in [6.07, 6.45) is 0. The van der Waals surface area contributed by atoms with Crippen LogP contribution in [0.25, 0.3) is 11.0 Å². The van der Waals surface area contributed by atoms with E-state index in [1.54, 1.807) is 53.8 Å². The van der Waals surface area contributed by atoms with Crippen LogP contribution in [-0.4, -0.2) is 12.6 Å². The van der Waals surface area contributed by atoms with Crippen LogP contribution >= 0.6 is 22.6 Å². The van der Waals surface area contributed by atoms with Crippen LogP contribution in [0.1, 0.15) is 17.5 Å². The van der Waals surface area contributed by atoms with Crippen LogP contribution in [0.15, 0.2) is 33.5 Å². The summed E-state index contributed by atoms with van der Waals surface area (Å²) in [5, 5.41) is 0.463. The maximum atomic E-state index is 12.0. The first-order chi connectivity index (χ1) is 8.15. The molecule has 0 aliphatic carbocycles. The number of halogens is 1. The van der Waals surface area contributed by atoms with Gasteiger partial charge in [-0.25, -0.2) is 4.79 Å². The van der Waals surface area contributed by atoms with Crippen molar-refractivity contribution in [3.63, 3.8) is 0 Å². The average molecular weight is 344 g/mol. The Bertz CT molecular complexity index is 630. The molecule has 5 heteroatoms. The van der Waals surface area contributed by atoms with Crippen molar-refractivity contribution in [2.75, 3.05) is 6.61 Å². The van der Waals surface area contributed by atoms with E-state index >= 15 is 0 Å². The highest BCUT2D eigenvalue weighted by atomic mass is 127. The molecule has 1 aromatic carbocycles. The third-order valence-corrected chi connectivity index (χ3v) is 3.18. The lowest BCUT2D eigenvalue weighted by Gasteiger charge is -2.04. The molecule has 0 saturated carbocycles. The fraction of sp³-hybridized carbons (Fsp3) is 0.167. The summed E-state index contributed by atoms with van der Waals surface area (Å²) in [5.41, 5.74) is 0.177. The quantitative estimate of drug-likeness (QED) is 0.621. The second-order valence-corrected chi connectivity index (χ2v) is 4.37. The molecule has 0 N–H and O–H groups in total. The molecule has 4 nitrogen and oxygen atoms in total. The minimum Gasteiger partial charge on any atom is -0.460 e. The van der Waals surface area contributed by atoms with Crippen molar-refractivity contribution in [2.24, 2.45) is 0 Å². The second kappa shape index (κ2) is 4.87. The zero-order valence-electron chi connectivity index (χ0n) is 9.03. The number of carbonyl (C=O) groups excluding carboxylic acids is 1. The molecule has 2 aromatic rings. The largest absolute Gasteiger partial charge is 0.460 e. The molecule has 88 valence electrons. The first kappa shape index (κ1) is 12.1. The molecule has 0 saturated heterocycles. The van der Waals surface area contributed by atoms with Crippen molar-refractivity contribution in [2.45, 2.75) is 6.92 Å². The molecule has 0 atom stereocenters. The summed E-state index contributed by atoms with van der Waals surface area (Å²) in [5.74, 6) is -0.643. The SMILES string of the molecule is CCOC(=O)c1oc2ccccc2c(=O)c1I. The van der Waals surface area contributed by atoms with Gasteiger partial charge in [0.2, 0.25) is 11.2 Å². The zero-order valence-corrected chi connectivity index (χ0v) is 11.2. The van der Waals surface area contributed by atoms with Gasteiger partial charge in [-0.2, -0.15) is 0 Å². The number of hydrogen-bond donors (Lipinski definition) is 0. The maximum Gasteiger partial charge on any atom is 0.375 e. The number of benzene rings is 1. The molecule has 0 radical (unpaired) electrons. The van der Waals surface area contributed by atoms with Gasteiger partial charge in [-0.3, -0.25) is 4.79 Å². The van der Waals surface area contributed by atoms with E-state index in [4.69, 9.17) is 9.15 Å². The number of fused-ring (bicyclic) bond motifs is 1. The third kappa shape index (κ3) is 2.19. The summed E-state index contributed by atoms with van der Waals surface area (Å²) in [6.45, 7) is 1.94. The molecular weight excluding hydrogens is 335 g/mol. The molecular formula is C12H9IO4.